The summed E-state index contributed by atoms with van der Waals surface area (Å²) in [5.74, 6) is -2.28. The number of carboxylic acid groups (broad SMARTS) is 2. The molecule has 0 aromatic carbocycles. The zero-order chi connectivity index (χ0) is 31.4. The van der Waals surface area contributed by atoms with E-state index in [0.29, 0.717) is 46.2 Å². The largest absolute Gasteiger partial charge is 0.480 e. The lowest BCUT2D eigenvalue weighted by molar-refractivity contribution is -0.161. The number of unbranched alkanes of at least 4 members (excludes halogenated alkanes) is 9. The quantitative estimate of drug-likeness (QED) is 0.167. The summed E-state index contributed by atoms with van der Waals surface area (Å²) in [4.78, 5) is 21.6. The van der Waals surface area contributed by atoms with E-state index in [1.165, 1.54) is 57.8 Å². The third-order valence-electron chi connectivity index (χ3n) is 6.91. The highest BCUT2D eigenvalue weighted by Gasteiger charge is 2.27. The maximum atomic E-state index is 10.9. The second-order valence-corrected chi connectivity index (χ2v) is 11.3. The van der Waals surface area contributed by atoms with E-state index < -0.39 is 36.9 Å². The first kappa shape index (κ1) is 39.6. The van der Waals surface area contributed by atoms with Crippen molar-refractivity contribution in [2.24, 2.45) is 0 Å². The van der Waals surface area contributed by atoms with Crippen molar-refractivity contribution in [3.05, 3.63) is 0 Å². The van der Waals surface area contributed by atoms with Crippen molar-refractivity contribution in [2.45, 2.75) is 102 Å². The van der Waals surface area contributed by atoms with E-state index in [0.717, 1.165) is 12.8 Å². The molecule has 1 aliphatic rings. The van der Waals surface area contributed by atoms with Crippen LogP contribution in [0.25, 0.3) is 0 Å². The lowest BCUT2D eigenvalue weighted by Gasteiger charge is -2.30. The first-order valence-electron chi connectivity index (χ1n) is 16.0. The highest BCUT2D eigenvalue weighted by molar-refractivity contribution is 5.68. The monoisotopic (exact) mass is 622 g/mol. The van der Waals surface area contributed by atoms with Crippen LogP contribution >= 0.6 is 0 Å². The van der Waals surface area contributed by atoms with Crippen molar-refractivity contribution >= 4 is 11.9 Å². The summed E-state index contributed by atoms with van der Waals surface area (Å²) in [5, 5.41) is 17.7. The molecule has 12 heteroatoms. The Labute approximate surface area is 258 Å². The highest BCUT2D eigenvalue weighted by atomic mass is 16.6. The van der Waals surface area contributed by atoms with Gasteiger partial charge in [0.2, 0.25) is 0 Å². The topological polar surface area (TPSA) is 148 Å². The Morgan fingerprint density at radius 3 is 2.05 bits per heavy atom. The molecule has 1 heterocycles. The predicted molar refractivity (Wildman–Crippen MR) is 160 cm³/mol. The molecular weight excluding hydrogens is 564 g/mol. The second-order valence-electron chi connectivity index (χ2n) is 11.3. The minimum atomic E-state index is -1.15. The van der Waals surface area contributed by atoms with Gasteiger partial charge in [-0.15, -0.1) is 0 Å². The van der Waals surface area contributed by atoms with Crippen molar-refractivity contribution in [3.8, 4) is 0 Å². The number of hydrogen-bond donors (Lipinski definition) is 2. The Hall–Kier alpha value is -1.38. The maximum absolute atomic E-state index is 10.9. The van der Waals surface area contributed by atoms with Gasteiger partial charge in [0, 0.05) is 0 Å². The number of carboxylic acids is 2. The van der Waals surface area contributed by atoms with E-state index in [2.05, 4.69) is 6.92 Å². The van der Waals surface area contributed by atoms with Gasteiger partial charge in [-0.05, 0) is 13.3 Å². The third-order valence-corrected chi connectivity index (χ3v) is 6.91. The minimum Gasteiger partial charge on any atom is -0.480 e. The summed E-state index contributed by atoms with van der Waals surface area (Å²) >= 11 is 0. The summed E-state index contributed by atoms with van der Waals surface area (Å²) in [6.45, 7) is 6.30. The fraction of sp³-hybridized carbons (Fsp3) is 0.935. The number of rotatable bonds is 22. The first-order valence-corrected chi connectivity index (χ1v) is 16.0. The van der Waals surface area contributed by atoms with E-state index in [4.69, 9.17) is 48.1 Å². The van der Waals surface area contributed by atoms with Crippen LogP contribution in [-0.2, 0) is 47.5 Å². The number of carbonyl (C=O) groups is 2. The van der Waals surface area contributed by atoms with Crippen LogP contribution in [0.1, 0.15) is 84.5 Å². The van der Waals surface area contributed by atoms with E-state index in [1.54, 1.807) is 0 Å². The fourth-order valence-corrected chi connectivity index (χ4v) is 4.56. The molecular formula is C31H58O12. The van der Waals surface area contributed by atoms with Crippen molar-refractivity contribution in [1.29, 1.82) is 0 Å². The van der Waals surface area contributed by atoms with Crippen LogP contribution in [0.3, 0.4) is 0 Å². The van der Waals surface area contributed by atoms with E-state index in [9.17, 15) is 9.59 Å². The lowest BCUT2D eigenvalue weighted by Crippen LogP contribution is -2.42. The molecule has 0 bridgehead atoms. The fourth-order valence-electron chi connectivity index (χ4n) is 4.56. The molecule has 3 atom stereocenters. The van der Waals surface area contributed by atoms with E-state index >= 15 is 0 Å². The number of aliphatic carboxylic acids is 2. The Morgan fingerprint density at radius 2 is 1.37 bits per heavy atom. The summed E-state index contributed by atoms with van der Waals surface area (Å²) in [7, 11) is 0. The Balaban J connectivity index is 2.49. The van der Waals surface area contributed by atoms with E-state index in [-0.39, 0.29) is 32.5 Å². The Kier molecular flexibility index (Phi) is 24.9. The second kappa shape index (κ2) is 27.0. The predicted octanol–water partition coefficient (Wildman–Crippen LogP) is 4.11. The zero-order valence-electron chi connectivity index (χ0n) is 26.6. The number of hydrogen-bond acceptors (Lipinski definition) is 10. The molecule has 0 saturated carbocycles. The van der Waals surface area contributed by atoms with Gasteiger partial charge in [0.25, 0.3) is 0 Å². The average molecular weight is 623 g/mol. The molecule has 0 aromatic heterocycles. The molecule has 1 rings (SSSR count). The minimum absolute atomic E-state index is 0.0102. The standard InChI is InChI=1S/C31H58O12/c1-3-4-5-6-7-8-9-10-11-12-13-27-20-37-16-14-36-15-17-38-25-31(2,43-19-18-41-27)26-40-22-28(42-24-30(34)35)21-39-23-29(32)33/h27-28H,3-26H2,1-2H3,(H,32,33)(H,34,35). The molecule has 0 radical (unpaired) electrons. The van der Waals surface area contributed by atoms with Crippen molar-refractivity contribution in [3.63, 3.8) is 0 Å². The van der Waals surface area contributed by atoms with Crippen LogP contribution in [0.4, 0.5) is 0 Å². The van der Waals surface area contributed by atoms with Crippen LogP contribution in [-0.4, -0.2) is 126 Å². The van der Waals surface area contributed by atoms with Gasteiger partial charge in [-0.2, -0.15) is 0 Å². The lowest BCUT2D eigenvalue weighted by atomic mass is 10.0. The summed E-state index contributed by atoms with van der Waals surface area (Å²) in [6.07, 6.45) is 13.0. The van der Waals surface area contributed by atoms with Crippen LogP contribution in [0.15, 0.2) is 0 Å². The SMILES string of the molecule is CCCCCCCCCCCCC1COCCOCCOCC(C)(COCC(COCC(=O)O)OCC(=O)O)OCCO1. The summed E-state index contributed by atoms with van der Waals surface area (Å²) in [6, 6.07) is 0. The Bertz CT molecular complexity index is 679. The van der Waals surface area contributed by atoms with Crippen molar-refractivity contribution in [2.75, 3.05) is 85.9 Å². The van der Waals surface area contributed by atoms with Crippen LogP contribution in [0.5, 0.6) is 0 Å². The summed E-state index contributed by atoms with van der Waals surface area (Å²) in [5.41, 5.74) is -0.814. The zero-order valence-corrected chi connectivity index (χ0v) is 26.6. The van der Waals surface area contributed by atoms with Crippen LogP contribution < -0.4 is 0 Å². The van der Waals surface area contributed by atoms with Gasteiger partial charge in [-0.1, -0.05) is 71.1 Å². The van der Waals surface area contributed by atoms with Gasteiger partial charge < -0.3 is 48.1 Å². The molecule has 0 aromatic rings. The molecule has 43 heavy (non-hydrogen) atoms. The maximum Gasteiger partial charge on any atom is 0.329 e. The van der Waals surface area contributed by atoms with Crippen LogP contribution in [0, 0.1) is 0 Å². The number of ether oxygens (including phenoxy) is 8. The molecule has 0 aliphatic carbocycles. The molecule has 1 aliphatic heterocycles. The van der Waals surface area contributed by atoms with Crippen molar-refractivity contribution in [1.82, 2.24) is 0 Å². The van der Waals surface area contributed by atoms with Gasteiger partial charge in [0.1, 0.15) is 24.9 Å². The normalized spacial score (nSPS) is 22.0. The van der Waals surface area contributed by atoms with Gasteiger partial charge in [-0.25, -0.2) is 9.59 Å². The molecule has 3 unspecified atom stereocenters. The summed E-state index contributed by atoms with van der Waals surface area (Å²) < 4.78 is 45.7. The average Bonchev–Trinajstić information content (AvgIpc) is 2.97. The molecule has 1 fully saturated rings. The van der Waals surface area contributed by atoms with Crippen molar-refractivity contribution < 1.29 is 57.7 Å². The molecule has 12 nitrogen and oxygen atoms in total. The van der Waals surface area contributed by atoms with Crippen LogP contribution in [0.2, 0.25) is 0 Å². The third kappa shape index (κ3) is 24.6. The molecule has 254 valence electrons. The molecule has 0 spiro atoms. The molecule has 0 amide bonds. The van der Waals surface area contributed by atoms with Gasteiger partial charge in [0.05, 0.1) is 78.8 Å². The smallest absolute Gasteiger partial charge is 0.329 e. The van der Waals surface area contributed by atoms with Gasteiger partial charge in [-0.3, -0.25) is 0 Å². The van der Waals surface area contributed by atoms with Gasteiger partial charge in [0.15, 0.2) is 0 Å². The van der Waals surface area contributed by atoms with Gasteiger partial charge >= 0.3 is 11.9 Å². The molecule has 2 N–H and O–H groups in total. The highest BCUT2D eigenvalue weighted by Crippen LogP contribution is 2.16. The first-order chi connectivity index (χ1) is 20.8. The molecule has 1 saturated heterocycles. The van der Waals surface area contributed by atoms with E-state index in [1.807, 2.05) is 6.92 Å². The Morgan fingerprint density at radius 1 is 0.767 bits per heavy atom.